The molecule has 0 bridgehead atoms. The number of rotatable bonds is 3. The minimum Gasteiger partial charge on any atom is -0.493 e. The highest BCUT2D eigenvalue weighted by atomic mass is 35.5. The maximum Gasteiger partial charge on any atom is 0.368 e. The van der Waals surface area contributed by atoms with Crippen LogP contribution in [-0.4, -0.2) is 14.2 Å². The Bertz CT molecular complexity index is 843. The van der Waals surface area contributed by atoms with Gasteiger partial charge in [-0.3, -0.25) is 0 Å². The number of halogens is 1. The van der Waals surface area contributed by atoms with Gasteiger partial charge in [0.2, 0.25) is 0 Å². The smallest absolute Gasteiger partial charge is 0.368 e. The molecule has 3 aromatic rings. The Labute approximate surface area is 134 Å². The molecule has 4 heteroatoms. The molecule has 0 atom stereocenters. The van der Waals surface area contributed by atoms with Crippen LogP contribution in [0.5, 0.6) is 11.5 Å². The predicted octanol–water partition coefficient (Wildman–Crippen LogP) is 5.36. The molecule has 112 valence electrons. The van der Waals surface area contributed by atoms with Gasteiger partial charge in [-0.1, -0.05) is 17.7 Å². The lowest BCUT2D eigenvalue weighted by atomic mass is 10.0. The Morgan fingerprint density at radius 2 is 1.68 bits per heavy atom. The zero-order chi connectivity index (χ0) is 15.7. The molecule has 0 saturated heterocycles. The lowest BCUT2D eigenvalue weighted by molar-refractivity contribution is 0.355. The zero-order valence-electron chi connectivity index (χ0n) is 12.6. The van der Waals surface area contributed by atoms with Gasteiger partial charge in [-0.25, -0.2) is 4.42 Å². The van der Waals surface area contributed by atoms with Gasteiger partial charge >= 0.3 is 11.5 Å². The largest absolute Gasteiger partial charge is 0.493 e. The highest BCUT2D eigenvalue weighted by molar-refractivity contribution is 6.30. The van der Waals surface area contributed by atoms with Crippen molar-refractivity contribution in [3.63, 3.8) is 0 Å². The van der Waals surface area contributed by atoms with Crippen LogP contribution >= 0.6 is 11.6 Å². The molecule has 0 unspecified atom stereocenters. The molecule has 0 aliphatic rings. The van der Waals surface area contributed by atoms with Crippen LogP contribution in [0.3, 0.4) is 0 Å². The maximum atomic E-state index is 6.11. The Morgan fingerprint density at radius 1 is 0.955 bits per heavy atom. The van der Waals surface area contributed by atoms with E-state index in [4.69, 9.17) is 25.5 Å². The van der Waals surface area contributed by atoms with Gasteiger partial charge in [0.25, 0.3) is 0 Å². The lowest BCUT2D eigenvalue weighted by Crippen LogP contribution is -1.92. The highest BCUT2D eigenvalue weighted by Gasteiger charge is 2.21. The number of fused-ring (bicyclic) bond motifs is 1. The molecule has 2 aromatic carbocycles. The van der Waals surface area contributed by atoms with Gasteiger partial charge in [-0.2, -0.15) is 0 Å². The van der Waals surface area contributed by atoms with E-state index >= 15 is 0 Å². The monoisotopic (exact) mass is 315 g/mol. The fourth-order valence-electron chi connectivity index (χ4n) is 2.52. The molecule has 0 aliphatic heterocycles. The molecule has 0 aliphatic carbocycles. The predicted molar refractivity (Wildman–Crippen MR) is 88.9 cm³/mol. The molecule has 1 aromatic heterocycles. The zero-order valence-corrected chi connectivity index (χ0v) is 13.4. The Morgan fingerprint density at radius 3 is 2.36 bits per heavy atom. The number of methoxy groups -OCH3 is 2. The van der Waals surface area contributed by atoms with E-state index < -0.39 is 0 Å². The molecule has 1 heterocycles. The fourth-order valence-corrected chi connectivity index (χ4v) is 2.71. The Hall–Kier alpha value is -2.26. The normalized spacial score (nSPS) is 10.7. The molecular weight excluding hydrogens is 300 g/mol. The van der Waals surface area contributed by atoms with Gasteiger partial charge < -0.3 is 9.47 Å². The summed E-state index contributed by atoms with van der Waals surface area (Å²) in [6.45, 7) is 1.92. The van der Waals surface area contributed by atoms with Crippen LogP contribution < -0.4 is 9.47 Å². The molecule has 3 rings (SSSR count). The maximum absolute atomic E-state index is 6.11. The fraction of sp³-hybridized carbons (Fsp3) is 0.167. The second kappa shape index (κ2) is 5.85. The summed E-state index contributed by atoms with van der Waals surface area (Å²) in [6, 6.07) is 13.5. The van der Waals surface area contributed by atoms with Crippen LogP contribution in [-0.2, 0) is 0 Å². The second-order valence-electron chi connectivity index (χ2n) is 4.99. The summed E-state index contributed by atoms with van der Waals surface area (Å²) in [7, 11) is 3.25. The minimum absolute atomic E-state index is 0.664. The van der Waals surface area contributed by atoms with Gasteiger partial charge in [-0.05, 0) is 24.3 Å². The topological polar surface area (TPSA) is 29.8 Å². The SMILES string of the molecule is COc1cc2cc(C)[o+]c(-c3cccc(Cl)c3)c2cc1OC. The van der Waals surface area contributed by atoms with E-state index in [1.54, 1.807) is 14.2 Å². The summed E-state index contributed by atoms with van der Waals surface area (Å²) in [5, 5.41) is 2.64. The molecular formula is C18H16ClO3+. The third-order valence-electron chi connectivity index (χ3n) is 3.51. The van der Waals surface area contributed by atoms with Crippen molar-refractivity contribution in [2.75, 3.05) is 14.2 Å². The van der Waals surface area contributed by atoms with E-state index in [1.165, 1.54) is 0 Å². The summed E-state index contributed by atoms with van der Waals surface area (Å²) >= 11 is 6.11. The van der Waals surface area contributed by atoms with Crippen molar-refractivity contribution < 1.29 is 13.9 Å². The van der Waals surface area contributed by atoms with E-state index in [0.717, 1.165) is 27.9 Å². The van der Waals surface area contributed by atoms with Crippen LogP contribution in [0.4, 0.5) is 0 Å². The average molecular weight is 316 g/mol. The van der Waals surface area contributed by atoms with Crippen molar-refractivity contribution >= 4 is 22.4 Å². The van der Waals surface area contributed by atoms with Gasteiger partial charge in [0.1, 0.15) is 0 Å². The summed E-state index contributed by atoms with van der Waals surface area (Å²) in [5.41, 5.74) is 0.924. The summed E-state index contributed by atoms with van der Waals surface area (Å²) in [4.78, 5) is 0. The van der Waals surface area contributed by atoms with E-state index in [0.29, 0.717) is 16.5 Å². The van der Waals surface area contributed by atoms with Gasteiger partial charge in [0.05, 0.1) is 32.1 Å². The van der Waals surface area contributed by atoms with Crippen molar-refractivity contribution in [2.24, 2.45) is 0 Å². The van der Waals surface area contributed by atoms with Crippen LogP contribution in [0.25, 0.3) is 22.1 Å². The number of ether oxygens (including phenoxy) is 2. The summed E-state index contributed by atoms with van der Waals surface area (Å²) in [6.07, 6.45) is 0. The molecule has 0 saturated carbocycles. The molecule has 0 fully saturated rings. The van der Waals surface area contributed by atoms with Crippen molar-refractivity contribution in [2.45, 2.75) is 6.92 Å². The molecule has 0 spiro atoms. The van der Waals surface area contributed by atoms with Crippen molar-refractivity contribution in [3.05, 3.63) is 53.2 Å². The first-order chi connectivity index (χ1) is 10.6. The minimum atomic E-state index is 0.664. The van der Waals surface area contributed by atoms with Gasteiger partial charge in [0.15, 0.2) is 11.5 Å². The van der Waals surface area contributed by atoms with Crippen LogP contribution in [0.2, 0.25) is 5.02 Å². The van der Waals surface area contributed by atoms with Gasteiger partial charge in [0, 0.05) is 22.5 Å². The van der Waals surface area contributed by atoms with E-state index in [1.807, 2.05) is 49.4 Å². The highest BCUT2D eigenvalue weighted by Crippen LogP contribution is 2.38. The number of hydrogen-bond acceptors (Lipinski definition) is 2. The Kier molecular flexibility index (Phi) is 3.90. The van der Waals surface area contributed by atoms with Crippen LogP contribution in [0, 0.1) is 6.92 Å². The first-order valence-corrected chi connectivity index (χ1v) is 7.25. The third kappa shape index (κ3) is 2.60. The molecule has 22 heavy (non-hydrogen) atoms. The summed E-state index contributed by atoms with van der Waals surface area (Å²) < 4.78 is 16.7. The van der Waals surface area contributed by atoms with E-state index in [9.17, 15) is 0 Å². The molecule has 0 amide bonds. The van der Waals surface area contributed by atoms with Crippen molar-refractivity contribution in [1.82, 2.24) is 0 Å². The lowest BCUT2D eigenvalue weighted by Gasteiger charge is -2.08. The second-order valence-corrected chi connectivity index (χ2v) is 5.43. The van der Waals surface area contributed by atoms with Crippen LogP contribution in [0.15, 0.2) is 46.9 Å². The van der Waals surface area contributed by atoms with Crippen molar-refractivity contribution in [3.8, 4) is 22.8 Å². The van der Waals surface area contributed by atoms with Crippen molar-refractivity contribution in [1.29, 1.82) is 0 Å². The van der Waals surface area contributed by atoms with E-state index in [-0.39, 0.29) is 0 Å². The Balaban J connectivity index is 2.34. The van der Waals surface area contributed by atoms with E-state index in [2.05, 4.69) is 0 Å². The summed E-state index contributed by atoms with van der Waals surface area (Å²) in [5.74, 6) is 2.93. The van der Waals surface area contributed by atoms with Gasteiger partial charge in [-0.15, -0.1) is 0 Å². The number of benzene rings is 2. The number of aryl methyl sites for hydroxylation is 1. The molecule has 3 nitrogen and oxygen atoms in total. The van der Waals surface area contributed by atoms with Crippen LogP contribution in [0.1, 0.15) is 5.76 Å². The third-order valence-corrected chi connectivity index (χ3v) is 3.74. The molecule has 0 N–H and O–H groups in total. The quantitative estimate of drug-likeness (QED) is 0.609. The average Bonchev–Trinajstić information content (AvgIpc) is 2.52. The molecule has 0 radical (unpaired) electrons. The first-order valence-electron chi connectivity index (χ1n) is 6.88. The first kappa shape index (κ1) is 14.7. The number of hydrogen-bond donors (Lipinski definition) is 0. The standard InChI is InChI=1S/C18H16ClO3/c1-11-7-13-9-16(20-2)17(21-3)10-15(13)18(22-11)12-5-4-6-14(19)8-12/h4-10H,1-3H3/q+1.